The normalized spacial score (nSPS) is 22.0. The first-order valence-corrected chi connectivity index (χ1v) is 6.13. The number of nitrogens with one attached hydrogen (secondary N) is 1. The molecule has 2 heterocycles. The molecule has 3 nitrogen and oxygen atoms in total. The van der Waals surface area contributed by atoms with E-state index in [-0.39, 0.29) is 0 Å². The molecule has 1 atom stereocenters. The smallest absolute Gasteiger partial charge is 0.0535 e. The van der Waals surface area contributed by atoms with E-state index >= 15 is 0 Å². The molecule has 0 saturated carbocycles. The van der Waals surface area contributed by atoms with E-state index < -0.39 is 0 Å². The summed E-state index contributed by atoms with van der Waals surface area (Å²) in [6.07, 6.45) is 10.2. The molecule has 3 heteroatoms. The van der Waals surface area contributed by atoms with E-state index in [0.717, 1.165) is 6.54 Å². The minimum atomic E-state index is 0.558. The lowest BCUT2D eigenvalue weighted by Crippen LogP contribution is -2.33. The van der Waals surface area contributed by atoms with Crippen LogP contribution in [-0.2, 0) is 0 Å². The standard InChI is InChI=1S/C13H21N3/c1-11(2)6-8-16-7-4-3-5-13(16)12-9-14-15-10-12/h6,9-10,13H,3-5,7-8H2,1-2H3,(H,14,15)/t13-/m0/s1. The van der Waals surface area contributed by atoms with Crippen LogP contribution in [0.3, 0.4) is 0 Å². The van der Waals surface area contributed by atoms with Gasteiger partial charge < -0.3 is 0 Å². The van der Waals surface area contributed by atoms with Gasteiger partial charge in [-0.15, -0.1) is 0 Å². The first-order chi connectivity index (χ1) is 7.77. The molecule has 1 saturated heterocycles. The van der Waals surface area contributed by atoms with Crippen LogP contribution < -0.4 is 0 Å². The molecule has 16 heavy (non-hydrogen) atoms. The number of hydrogen-bond acceptors (Lipinski definition) is 2. The maximum absolute atomic E-state index is 4.06. The van der Waals surface area contributed by atoms with Gasteiger partial charge in [0.05, 0.1) is 6.20 Å². The lowest BCUT2D eigenvalue weighted by molar-refractivity contribution is 0.166. The van der Waals surface area contributed by atoms with Crippen molar-refractivity contribution in [2.75, 3.05) is 13.1 Å². The summed E-state index contributed by atoms with van der Waals surface area (Å²) in [6, 6.07) is 0.558. The van der Waals surface area contributed by atoms with E-state index in [1.54, 1.807) is 0 Å². The third kappa shape index (κ3) is 2.73. The van der Waals surface area contributed by atoms with Crippen LogP contribution in [0.5, 0.6) is 0 Å². The maximum Gasteiger partial charge on any atom is 0.0535 e. The monoisotopic (exact) mass is 219 g/mol. The second kappa shape index (κ2) is 5.30. The number of aromatic amines is 1. The molecular formula is C13H21N3. The van der Waals surface area contributed by atoms with Crippen molar-refractivity contribution in [3.8, 4) is 0 Å². The molecule has 0 aliphatic carbocycles. The van der Waals surface area contributed by atoms with Gasteiger partial charge in [0.15, 0.2) is 0 Å². The summed E-state index contributed by atoms with van der Waals surface area (Å²) in [7, 11) is 0. The van der Waals surface area contributed by atoms with Crippen LogP contribution in [0.15, 0.2) is 24.0 Å². The van der Waals surface area contributed by atoms with Crippen molar-refractivity contribution in [1.29, 1.82) is 0 Å². The lowest BCUT2D eigenvalue weighted by Gasteiger charge is -2.34. The summed E-state index contributed by atoms with van der Waals surface area (Å²) in [4.78, 5) is 2.56. The fourth-order valence-electron chi connectivity index (χ4n) is 2.33. The van der Waals surface area contributed by atoms with Gasteiger partial charge in [-0.1, -0.05) is 18.1 Å². The van der Waals surface area contributed by atoms with E-state index in [9.17, 15) is 0 Å². The van der Waals surface area contributed by atoms with Gasteiger partial charge >= 0.3 is 0 Å². The van der Waals surface area contributed by atoms with Gasteiger partial charge in [-0.25, -0.2) is 0 Å². The molecule has 0 amide bonds. The van der Waals surface area contributed by atoms with Gasteiger partial charge in [-0.2, -0.15) is 5.10 Å². The van der Waals surface area contributed by atoms with Crippen molar-refractivity contribution >= 4 is 0 Å². The number of rotatable bonds is 3. The molecule has 0 spiro atoms. The predicted octanol–water partition coefficient (Wildman–Crippen LogP) is 2.90. The van der Waals surface area contributed by atoms with Crippen LogP contribution in [-0.4, -0.2) is 28.2 Å². The van der Waals surface area contributed by atoms with Crippen LogP contribution in [0.4, 0.5) is 0 Å². The van der Waals surface area contributed by atoms with Crippen molar-refractivity contribution in [3.63, 3.8) is 0 Å². The Morgan fingerprint density at radius 3 is 3.12 bits per heavy atom. The van der Waals surface area contributed by atoms with Crippen molar-refractivity contribution in [3.05, 3.63) is 29.6 Å². The van der Waals surface area contributed by atoms with Gasteiger partial charge in [-0.3, -0.25) is 10.00 Å². The van der Waals surface area contributed by atoms with Gasteiger partial charge in [-0.05, 0) is 33.2 Å². The molecule has 0 bridgehead atoms. The fraction of sp³-hybridized carbons (Fsp3) is 0.615. The Labute approximate surface area is 97.5 Å². The first kappa shape index (κ1) is 11.4. The lowest BCUT2D eigenvalue weighted by atomic mass is 9.97. The minimum Gasteiger partial charge on any atom is -0.293 e. The van der Waals surface area contributed by atoms with E-state index in [2.05, 4.69) is 35.0 Å². The topological polar surface area (TPSA) is 31.9 Å². The summed E-state index contributed by atoms with van der Waals surface area (Å²) < 4.78 is 0. The molecule has 1 fully saturated rings. The van der Waals surface area contributed by atoms with Crippen molar-refractivity contribution in [2.45, 2.75) is 39.2 Å². The number of nitrogens with zero attached hydrogens (tertiary/aromatic N) is 2. The molecular weight excluding hydrogens is 198 g/mol. The van der Waals surface area contributed by atoms with Gasteiger partial charge in [0.1, 0.15) is 0 Å². The van der Waals surface area contributed by atoms with Crippen LogP contribution in [0.25, 0.3) is 0 Å². The largest absolute Gasteiger partial charge is 0.293 e. The number of allylic oxidation sites excluding steroid dienone is 1. The Bertz CT molecular complexity index is 336. The molecule has 0 radical (unpaired) electrons. The predicted molar refractivity (Wildman–Crippen MR) is 66.2 cm³/mol. The summed E-state index contributed by atoms with van der Waals surface area (Å²) in [5.74, 6) is 0. The van der Waals surface area contributed by atoms with Crippen LogP contribution in [0.2, 0.25) is 0 Å². The summed E-state index contributed by atoms with van der Waals surface area (Å²) in [5, 5.41) is 6.98. The first-order valence-electron chi connectivity index (χ1n) is 6.13. The van der Waals surface area contributed by atoms with Crippen molar-refractivity contribution in [1.82, 2.24) is 15.1 Å². The number of hydrogen-bond donors (Lipinski definition) is 1. The van der Waals surface area contributed by atoms with Crippen molar-refractivity contribution in [2.24, 2.45) is 0 Å². The quantitative estimate of drug-likeness (QED) is 0.793. The zero-order chi connectivity index (χ0) is 11.4. The van der Waals surface area contributed by atoms with Crippen molar-refractivity contribution < 1.29 is 0 Å². The molecule has 0 unspecified atom stereocenters. The Morgan fingerprint density at radius 2 is 2.44 bits per heavy atom. The number of likely N-dealkylation sites (tertiary alicyclic amines) is 1. The molecule has 1 aliphatic heterocycles. The highest BCUT2D eigenvalue weighted by Crippen LogP contribution is 2.29. The average Bonchev–Trinajstić information content (AvgIpc) is 2.80. The summed E-state index contributed by atoms with van der Waals surface area (Å²) in [6.45, 7) is 6.60. The third-order valence-corrected chi connectivity index (χ3v) is 3.25. The third-order valence-electron chi connectivity index (χ3n) is 3.25. The van der Waals surface area contributed by atoms with Crippen LogP contribution in [0, 0.1) is 0 Å². The molecule has 2 rings (SSSR count). The molecule has 1 aliphatic rings. The number of piperidine rings is 1. The van der Waals surface area contributed by atoms with E-state index in [0.29, 0.717) is 6.04 Å². The van der Waals surface area contributed by atoms with E-state index in [1.807, 2.05) is 12.4 Å². The Hall–Kier alpha value is -1.09. The molecule has 88 valence electrons. The Morgan fingerprint density at radius 1 is 1.56 bits per heavy atom. The fourth-order valence-corrected chi connectivity index (χ4v) is 2.33. The highest BCUT2D eigenvalue weighted by molar-refractivity contribution is 5.11. The second-order valence-electron chi connectivity index (χ2n) is 4.82. The van der Waals surface area contributed by atoms with E-state index in [1.165, 1.54) is 36.9 Å². The van der Waals surface area contributed by atoms with Gasteiger partial charge in [0, 0.05) is 24.3 Å². The van der Waals surface area contributed by atoms with Crippen LogP contribution >= 0.6 is 0 Å². The summed E-state index contributed by atoms with van der Waals surface area (Å²) >= 11 is 0. The number of H-pyrrole nitrogens is 1. The maximum atomic E-state index is 4.06. The van der Waals surface area contributed by atoms with Gasteiger partial charge in [0.2, 0.25) is 0 Å². The average molecular weight is 219 g/mol. The SMILES string of the molecule is CC(C)=CCN1CCCC[C@H]1c1cn[nH]c1. The van der Waals surface area contributed by atoms with Crippen LogP contribution in [0.1, 0.15) is 44.7 Å². The second-order valence-corrected chi connectivity index (χ2v) is 4.82. The molecule has 1 N–H and O–H groups in total. The Kier molecular flexibility index (Phi) is 3.78. The number of aromatic nitrogens is 2. The highest BCUT2D eigenvalue weighted by Gasteiger charge is 2.23. The highest BCUT2D eigenvalue weighted by atomic mass is 15.2. The zero-order valence-electron chi connectivity index (χ0n) is 10.2. The minimum absolute atomic E-state index is 0.558. The van der Waals surface area contributed by atoms with Gasteiger partial charge in [0.25, 0.3) is 0 Å². The summed E-state index contributed by atoms with van der Waals surface area (Å²) in [5.41, 5.74) is 2.73. The molecule has 1 aromatic rings. The van der Waals surface area contributed by atoms with E-state index in [4.69, 9.17) is 0 Å². The molecule has 0 aromatic carbocycles. The molecule has 1 aromatic heterocycles. The zero-order valence-corrected chi connectivity index (χ0v) is 10.2. The Balaban J connectivity index is 2.05.